The molecule has 1 atom stereocenters. The van der Waals surface area contributed by atoms with Crippen LogP contribution in [0.4, 0.5) is 0 Å². The summed E-state index contributed by atoms with van der Waals surface area (Å²) in [5.74, 6) is -0.484. The number of carbonyl (C=O) groups excluding carboxylic acids is 3. The molecule has 1 fully saturated rings. The van der Waals surface area contributed by atoms with Gasteiger partial charge in [0.2, 0.25) is 17.7 Å². The summed E-state index contributed by atoms with van der Waals surface area (Å²) in [4.78, 5) is 34.2. The summed E-state index contributed by atoms with van der Waals surface area (Å²) in [6.45, 7) is 2.37. The molecule has 0 spiro atoms. The molecule has 1 aliphatic heterocycles. The number of nitrogens with zero attached hydrogens (tertiary/aromatic N) is 1. The summed E-state index contributed by atoms with van der Waals surface area (Å²) in [6, 6.07) is -0.434. The third-order valence-corrected chi connectivity index (χ3v) is 2.27. The SMILES string of the molecule is CC(=O)NCCNC1CC(=O)N(C)C1=O. The first-order valence-corrected chi connectivity index (χ1v) is 4.80. The number of hydrogen-bond donors (Lipinski definition) is 2. The highest BCUT2D eigenvalue weighted by atomic mass is 16.2. The van der Waals surface area contributed by atoms with Gasteiger partial charge in [-0.3, -0.25) is 19.3 Å². The lowest BCUT2D eigenvalue weighted by molar-refractivity contribution is -0.137. The minimum atomic E-state index is -0.434. The molecule has 1 saturated heterocycles. The molecule has 1 rings (SSSR count). The zero-order valence-corrected chi connectivity index (χ0v) is 8.87. The summed E-state index contributed by atoms with van der Waals surface area (Å²) in [5.41, 5.74) is 0. The fourth-order valence-electron chi connectivity index (χ4n) is 1.40. The zero-order valence-electron chi connectivity index (χ0n) is 8.87. The van der Waals surface area contributed by atoms with Gasteiger partial charge in [-0.25, -0.2) is 0 Å². The molecule has 6 nitrogen and oxygen atoms in total. The summed E-state index contributed by atoms with van der Waals surface area (Å²) in [6.07, 6.45) is 0.204. The standard InChI is InChI=1S/C9H15N3O3/c1-6(13)10-3-4-11-7-5-8(14)12(2)9(7)15/h7,11H,3-5H2,1-2H3,(H,10,13). The minimum absolute atomic E-state index is 0.109. The molecule has 6 heteroatoms. The molecule has 2 N–H and O–H groups in total. The van der Waals surface area contributed by atoms with Crippen molar-refractivity contribution in [3.05, 3.63) is 0 Å². The Labute approximate surface area is 88.0 Å². The van der Waals surface area contributed by atoms with Gasteiger partial charge < -0.3 is 10.6 Å². The van der Waals surface area contributed by atoms with Crippen molar-refractivity contribution in [3.8, 4) is 0 Å². The molecule has 0 radical (unpaired) electrons. The van der Waals surface area contributed by atoms with Gasteiger partial charge in [-0.05, 0) is 0 Å². The average molecular weight is 213 g/mol. The van der Waals surface area contributed by atoms with Crippen molar-refractivity contribution in [1.29, 1.82) is 0 Å². The van der Waals surface area contributed by atoms with E-state index < -0.39 is 6.04 Å². The molecule has 1 unspecified atom stereocenters. The van der Waals surface area contributed by atoms with E-state index in [2.05, 4.69) is 10.6 Å². The third kappa shape index (κ3) is 3.02. The summed E-state index contributed by atoms with van der Waals surface area (Å²) < 4.78 is 0. The molecular weight excluding hydrogens is 198 g/mol. The first kappa shape index (κ1) is 11.6. The number of imide groups is 1. The van der Waals surface area contributed by atoms with Gasteiger partial charge >= 0.3 is 0 Å². The van der Waals surface area contributed by atoms with Crippen LogP contribution in [-0.4, -0.2) is 48.8 Å². The van der Waals surface area contributed by atoms with Crippen molar-refractivity contribution < 1.29 is 14.4 Å². The van der Waals surface area contributed by atoms with Crippen molar-refractivity contribution in [2.75, 3.05) is 20.1 Å². The predicted octanol–water partition coefficient (Wildman–Crippen LogP) is -1.53. The van der Waals surface area contributed by atoms with E-state index in [0.717, 1.165) is 4.90 Å². The Morgan fingerprint density at radius 3 is 2.60 bits per heavy atom. The van der Waals surface area contributed by atoms with Crippen LogP contribution in [0, 0.1) is 0 Å². The van der Waals surface area contributed by atoms with Crippen LogP contribution < -0.4 is 10.6 Å². The Hall–Kier alpha value is -1.43. The van der Waals surface area contributed by atoms with E-state index in [9.17, 15) is 14.4 Å². The lowest BCUT2D eigenvalue weighted by atomic mass is 10.2. The Kier molecular flexibility index (Phi) is 3.79. The second-order valence-corrected chi connectivity index (χ2v) is 3.48. The van der Waals surface area contributed by atoms with E-state index in [4.69, 9.17) is 0 Å². The maximum atomic E-state index is 11.4. The van der Waals surface area contributed by atoms with Crippen molar-refractivity contribution in [1.82, 2.24) is 15.5 Å². The minimum Gasteiger partial charge on any atom is -0.355 e. The highest BCUT2D eigenvalue weighted by Crippen LogP contribution is 2.09. The lowest BCUT2D eigenvalue weighted by Crippen LogP contribution is -2.40. The fourth-order valence-corrected chi connectivity index (χ4v) is 1.40. The molecule has 0 bridgehead atoms. The van der Waals surface area contributed by atoms with Crippen LogP contribution in [0.1, 0.15) is 13.3 Å². The molecule has 1 heterocycles. The second-order valence-electron chi connectivity index (χ2n) is 3.48. The number of rotatable bonds is 4. The second kappa shape index (κ2) is 4.88. The molecular formula is C9H15N3O3. The van der Waals surface area contributed by atoms with Crippen LogP contribution in [0.5, 0.6) is 0 Å². The van der Waals surface area contributed by atoms with Crippen LogP contribution >= 0.6 is 0 Å². The fraction of sp³-hybridized carbons (Fsp3) is 0.667. The Balaban J connectivity index is 2.26. The zero-order chi connectivity index (χ0) is 11.4. The Morgan fingerprint density at radius 2 is 2.13 bits per heavy atom. The van der Waals surface area contributed by atoms with Crippen molar-refractivity contribution in [2.24, 2.45) is 0 Å². The molecule has 15 heavy (non-hydrogen) atoms. The maximum absolute atomic E-state index is 11.4. The van der Waals surface area contributed by atoms with E-state index in [-0.39, 0.29) is 24.1 Å². The van der Waals surface area contributed by atoms with Crippen LogP contribution in [0.2, 0.25) is 0 Å². The molecule has 3 amide bonds. The van der Waals surface area contributed by atoms with Crippen LogP contribution in [0.15, 0.2) is 0 Å². The highest BCUT2D eigenvalue weighted by molar-refractivity contribution is 6.05. The average Bonchev–Trinajstić information content (AvgIpc) is 2.41. The van der Waals surface area contributed by atoms with Gasteiger partial charge in [-0.15, -0.1) is 0 Å². The molecule has 0 aromatic heterocycles. The van der Waals surface area contributed by atoms with E-state index in [1.54, 1.807) is 0 Å². The molecule has 0 saturated carbocycles. The first-order valence-electron chi connectivity index (χ1n) is 4.80. The van der Waals surface area contributed by atoms with Gasteiger partial charge in [0.1, 0.15) is 0 Å². The Morgan fingerprint density at radius 1 is 1.47 bits per heavy atom. The van der Waals surface area contributed by atoms with Gasteiger partial charge in [0.25, 0.3) is 0 Å². The van der Waals surface area contributed by atoms with Gasteiger partial charge in [-0.1, -0.05) is 0 Å². The third-order valence-electron chi connectivity index (χ3n) is 2.27. The molecule has 0 aromatic rings. The molecule has 0 aliphatic carbocycles. The van der Waals surface area contributed by atoms with E-state index in [1.807, 2.05) is 0 Å². The van der Waals surface area contributed by atoms with Gasteiger partial charge in [-0.2, -0.15) is 0 Å². The number of amides is 3. The van der Waals surface area contributed by atoms with Gasteiger partial charge in [0.15, 0.2) is 0 Å². The van der Waals surface area contributed by atoms with Crippen molar-refractivity contribution >= 4 is 17.7 Å². The van der Waals surface area contributed by atoms with E-state index in [0.29, 0.717) is 13.1 Å². The smallest absolute Gasteiger partial charge is 0.246 e. The number of hydrogen-bond acceptors (Lipinski definition) is 4. The quantitative estimate of drug-likeness (QED) is 0.438. The van der Waals surface area contributed by atoms with E-state index >= 15 is 0 Å². The summed E-state index contributed by atoms with van der Waals surface area (Å²) in [7, 11) is 1.47. The van der Waals surface area contributed by atoms with Crippen LogP contribution in [0.25, 0.3) is 0 Å². The van der Waals surface area contributed by atoms with Crippen LogP contribution in [-0.2, 0) is 14.4 Å². The van der Waals surface area contributed by atoms with Gasteiger partial charge in [0.05, 0.1) is 12.5 Å². The van der Waals surface area contributed by atoms with Crippen LogP contribution in [0.3, 0.4) is 0 Å². The number of likely N-dealkylation sites (N-methyl/N-ethyl adjacent to an activating group) is 1. The largest absolute Gasteiger partial charge is 0.355 e. The predicted molar refractivity (Wildman–Crippen MR) is 52.9 cm³/mol. The number of carbonyl (C=O) groups is 3. The molecule has 84 valence electrons. The van der Waals surface area contributed by atoms with Crippen molar-refractivity contribution in [3.63, 3.8) is 0 Å². The number of nitrogens with one attached hydrogen (secondary N) is 2. The summed E-state index contributed by atoms with van der Waals surface area (Å²) in [5, 5.41) is 5.52. The lowest BCUT2D eigenvalue weighted by Gasteiger charge is -2.10. The number of likely N-dealkylation sites (tertiary alicyclic amines) is 1. The first-order chi connectivity index (χ1) is 7.02. The monoisotopic (exact) mass is 213 g/mol. The topological polar surface area (TPSA) is 78.5 Å². The summed E-state index contributed by atoms with van der Waals surface area (Å²) >= 11 is 0. The van der Waals surface area contributed by atoms with Gasteiger partial charge in [0, 0.05) is 27.1 Å². The van der Waals surface area contributed by atoms with Crippen molar-refractivity contribution in [2.45, 2.75) is 19.4 Å². The van der Waals surface area contributed by atoms with E-state index in [1.165, 1.54) is 14.0 Å². The Bertz CT molecular complexity index is 290. The molecule has 0 aromatic carbocycles. The highest BCUT2D eigenvalue weighted by Gasteiger charge is 2.35. The maximum Gasteiger partial charge on any atom is 0.246 e. The molecule has 1 aliphatic rings. The normalized spacial score (nSPS) is 20.9.